The molecule has 0 spiro atoms. The highest BCUT2D eigenvalue weighted by atomic mass is 16.3. The van der Waals surface area contributed by atoms with Crippen LogP contribution in [0.4, 0.5) is 0 Å². The molecule has 8 aromatic carbocycles. The van der Waals surface area contributed by atoms with Crippen molar-refractivity contribution in [3.8, 4) is 67.5 Å². The van der Waals surface area contributed by atoms with Crippen molar-refractivity contribution in [1.82, 2.24) is 15.0 Å². The maximum Gasteiger partial charge on any atom is 0.167 e. The van der Waals surface area contributed by atoms with Gasteiger partial charge in [-0.1, -0.05) is 133 Å². The fourth-order valence-corrected chi connectivity index (χ4v) is 7.76. The molecule has 0 aliphatic rings. The molecular formula is C51H31N3O2. The van der Waals surface area contributed by atoms with E-state index in [1.54, 1.807) is 0 Å². The minimum atomic E-state index is 0.526. The van der Waals surface area contributed by atoms with Crippen LogP contribution < -0.4 is 0 Å². The van der Waals surface area contributed by atoms with Gasteiger partial charge in [-0.25, -0.2) is 15.0 Å². The molecule has 5 nitrogen and oxygen atoms in total. The summed E-state index contributed by atoms with van der Waals surface area (Å²) < 4.78 is 13.0. The number of nitrogens with zero attached hydrogens (tertiary/aromatic N) is 3. The third-order valence-electron chi connectivity index (χ3n) is 10.5. The number of para-hydroxylation sites is 2. The van der Waals surface area contributed by atoms with Crippen LogP contribution in [0.2, 0.25) is 0 Å². The molecule has 11 rings (SSSR count). The molecule has 0 saturated heterocycles. The Kier molecular flexibility index (Phi) is 7.42. The van der Waals surface area contributed by atoms with Gasteiger partial charge in [0, 0.05) is 32.7 Å². The third kappa shape index (κ3) is 5.53. The lowest BCUT2D eigenvalue weighted by molar-refractivity contribution is 0.668. The van der Waals surface area contributed by atoms with Gasteiger partial charge in [-0.15, -0.1) is 0 Å². The second kappa shape index (κ2) is 13.0. The van der Waals surface area contributed by atoms with E-state index in [1.165, 1.54) is 0 Å². The van der Waals surface area contributed by atoms with Crippen LogP contribution in [0, 0.1) is 0 Å². The molecule has 0 saturated carbocycles. The van der Waals surface area contributed by atoms with Gasteiger partial charge in [0.1, 0.15) is 22.3 Å². The molecule has 5 heteroatoms. The Balaban J connectivity index is 1.12. The number of rotatable bonds is 6. The van der Waals surface area contributed by atoms with Crippen molar-refractivity contribution in [3.63, 3.8) is 0 Å². The van der Waals surface area contributed by atoms with Crippen LogP contribution in [0.3, 0.4) is 0 Å². The van der Waals surface area contributed by atoms with E-state index in [9.17, 15) is 0 Å². The van der Waals surface area contributed by atoms with E-state index in [2.05, 4.69) is 133 Å². The summed E-state index contributed by atoms with van der Waals surface area (Å²) >= 11 is 0. The smallest absolute Gasteiger partial charge is 0.167 e. The summed E-state index contributed by atoms with van der Waals surface area (Å²) in [6.07, 6.45) is 0. The highest BCUT2D eigenvalue weighted by molar-refractivity contribution is 6.09. The van der Waals surface area contributed by atoms with Crippen molar-refractivity contribution in [1.29, 1.82) is 0 Å². The maximum atomic E-state index is 6.54. The summed E-state index contributed by atoms with van der Waals surface area (Å²) in [4.78, 5) is 15.6. The zero-order valence-electron chi connectivity index (χ0n) is 30.1. The number of hydrogen-bond acceptors (Lipinski definition) is 5. The van der Waals surface area contributed by atoms with Crippen LogP contribution in [-0.4, -0.2) is 15.0 Å². The molecule has 11 aromatic rings. The van der Waals surface area contributed by atoms with Gasteiger partial charge in [-0.05, 0) is 88.0 Å². The Morgan fingerprint density at radius 3 is 1.41 bits per heavy atom. The van der Waals surface area contributed by atoms with Crippen LogP contribution in [0.25, 0.3) is 111 Å². The van der Waals surface area contributed by atoms with Gasteiger partial charge in [0.15, 0.2) is 17.5 Å². The van der Waals surface area contributed by atoms with Gasteiger partial charge in [0.25, 0.3) is 0 Å². The first kappa shape index (κ1) is 31.9. The van der Waals surface area contributed by atoms with Crippen LogP contribution in [0.5, 0.6) is 0 Å². The third-order valence-corrected chi connectivity index (χ3v) is 10.5. The summed E-state index contributed by atoms with van der Waals surface area (Å²) in [6.45, 7) is 0. The maximum absolute atomic E-state index is 6.54. The lowest BCUT2D eigenvalue weighted by Crippen LogP contribution is -2.01. The molecule has 3 heterocycles. The molecule has 0 bridgehead atoms. The Labute approximate surface area is 322 Å². The first-order chi connectivity index (χ1) is 27.7. The van der Waals surface area contributed by atoms with Crippen molar-refractivity contribution in [3.05, 3.63) is 188 Å². The van der Waals surface area contributed by atoms with Crippen molar-refractivity contribution in [2.45, 2.75) is 0 Å². The normalized spacial score (nSPS) is 11.6. The van der Waals surface area contributed by atoms with Gasteiger partial charge in [-0.2, -0.15) is 0 Å². The standard InChI is InChI=1S/C51H31N3O2/c1-4-13-32(14-5-1)35-23-25-41-42-26-24-36(31-47(42)55-46(41)30-35)49-52-50(54-51(53-49)44-21-12-20-43-40-19-10-11-22-45(40)56-48(43)44)39-28-37(33-15-6-2-7-16-33)27-38(29-39)34-17-8-3-9-18-34/h1-31H. The SMILES string of the molecule is c1ccc(-c2cc(-c3ccccc3)cc(-c3nc(-c4ccc5c(c4)oc4cc(-c6ccccc6)ccc45)nc(-c4cccc5c4oc4ccccc45)n3)c2)cc1. The molecule has 0 aliphatic carbocycles. The van der Waals surface area contributed by atoms with E-state index >= 15 is 0 Å². The molecule has 0 fully saturated rings. The molecule has 3 aromatic heterocycles. The Morgan fingerprint density at radius 2 is 0.750 bits per heavy atom. The number of benzene rings is 8. The van der Waals surface area contributed by atoms with Crippen molar-refractivity contribution in [2.75, 3.05) is 0 Å². The van der Waals surface area contributed by atoms with E-state index in [1.807, 2.05) is 54.6 Å². The second-order valence-electron chi connectivity index (χ2n) is 14.0. The van der Waals surface area contributed by atoms with Gasteiger partial charge in [0.05, 0.1) is 5.56 Å². The van der Waals surface area contributed by atoms with Crippen molar-refractivity contribution >= 4 is 43.9 Å². The van der Waals surface area contributed by atoms with Gasteiger partial charge in [-0.3, -0.25) is 0 Å². The highest BCUT2D eigenvalue weighted by Crippen LogP contribution is 2.39. The minimum absolute atomic E-state index is 0.526. The number of furan rings is 2. The molecular weight excluding hydrogens is 687 g/mol. The molecule has 0 aliphatic heterocycles. The zero-order chi connectivity index (χ0) is 37.0. The molecule has 0 N–H and O–H groups in total. The van der Waals surface area contributed by atoms with Gasteiger partial charge in [0.2, 0.25) is 0 Å². The predicted octanol–water partition coefficient (Wildman–Crippen LogP) is 13.7. The quantitative estimate of drug-likeness (QED) is 0.171. The molecule has 0 radical (unpaired) electrons. The lowest BCUT2D eigenvalue weighted by Gasteiger charge is -2.12. The topological polar surface area (TPSA) is 65.0 Å². The Hall–Kier alpha value is -7.63. The first-order valence-electron chi connectivity index (χ1n) is 18.7. The predicted molar refractivity (Wildman–Crippen MR) is 227 cm³/mol. The fraction of sp³-hybridized carbons (Fsp3) is 0. The summed E-state index contributed by atoms with van der Waals surface area (Å²) in [5.74, 6) is 1.63. The van der Waals surface area contributed by atoms with E-state index in [0.717, 1.165) is 93.9 Å². The number of hydrogen-bond donors (Lipinski definition) is 0. The summed E-state index contributed by atoms with van der Waals surface area (Å²) in [6, 6.07) is 64.6. The monoisotopic (exact) mass is 717 g/mol. The Bertz CT molecular complexity index is 3180. The molecule has 0 atom stereocenters. The Morgan fingerprint density at radius 1 is 0.268 bits per heavy atom. The zero-order valence-corrected chi connectivity index (χ0v) is 30.1. The van der Waals surface area contributed by atoms with Crippen LogP contribution in [-0.2, 0) is 0 Å². The number of fused-ring (bicyclic) bond motifs is 6. The summed E-state index contributed by atoms with van der Waals surface area (Å²) in [5, 5.41) is 4.16. The van der Waals surface area contributed by atoms with Crippen LogP contribution >= 0.6 is 0 Å². The first-order valence-corrected chi connectivity index (χ1v) is 18.7. The number of aromatic nitrogens is 3. The average molecular weight is 718 g/mol. The average Bonchev–Trinajstić information content (AvgIpc) is 3.85. The fourth-order valence-electron chi connectivity index (χ4n) is 7.76. The van der Waals surface area contributed by atoms with E-state index < -0.39 is 0 Å². The van der Waals surface area contributed by atoms with Crippen LogP contribution in [0.15, 0.2) is 197 Å². The van der Waals surface area contributed by atoms with E-state index in [-0.39, 0.29) is 0 Å². The highest BCUT2D eigenvalue weighted by Gasteiger charge is 2.20. The summed E-state index contributed by atoms with van der Waals surface area (Å²) in [5.41, 5.74) is 12.3. The van der Waals surface area contributed by atoms with Gasteiger partial charge < -0.3 is 8.83 Å². The molecule has 0 amide bonds. The molecule has 0 unspecified atom stereocenters. The van der Waals surface area contributed by atoms with Crippen LogP contribution in [0.1, 0.15) is 0 Å². The molecule has 262 valence electrons. The van der Waals surface area contributed by atoms with Crippen molar-refractivity contribution < 1.29 is 8.83 Å². The van der Waals surface area contributed by atoms with E-state index in [0.29, 0.717) is 17.5 Å². The summed E-state index contributed by atoms with van der Waals surface area (Å²) in [7, 11) is 0. The van der Waals surface area contributed by atoms with E-state index in [4.69, 9.17) is 23.8 Å². The lowest BCUT2D eigenvalue weighted by atomic mass is 9.96. The molecule has 56 heavy (non-hydrogen) atoms. The van der Waals surface area contributed by atoms with Gasteiger partial charge >= 0.3 is 0 Å². The van der Waals surface area contributed by atoms with Crippen molar-refractivity contribution in [2.24, 2.45) is 0 Å². The second-order valence-corrected chi connectivity index (χ2v) is 14.0. The largest absolute Gasteiger partial charge is 0.456 e. The minimum Gasteiger partial charge on any atom is -0.456 e.